The van der Waals surface area contributed by atoms with E-state index in [1.54, 1.807) is 12.4 Å². The van der Waals surface area contributed by atoms with Gasteiger partial charge in [0.2, 0.25) is 0 Å². The number of aromatic nitrogens is 1. The van der Waals surface area contributed by atoms with Crippen molar-refractivity contribution in [2.75, 3.05) is 12.3 Å². The second-order valence-electron chi connectivity index (χ2n) is 4.27. The van der Waals surface area contributed by atoms with Gasteiger partial charge in [-0.25, -0.2) is 8.42 Å². The molecule has 0 bridgehead atoms. The summed E-state index contributed by atoms with van der Waals surface area (Å²) in [5.74, 6) is 0.187. The van der Waals surface area contributed by atoms with E-state index >= 15 is 0 Å². The molecule has 1 atom stereocenters. The number of aryl methyl sites for hydroxylation is 1. The van der Waals surface area contributed by atoms with Crippen LogP contribution in [0.4, 0.5) is 0 Å². The Bertz CT molecular complexity index is 443. The van der Waals surface area contributed by atoms with Gasteiger partial charge in [0.05, 0.1) is 11.5 Å². The molecule has 16 heavy (non-hydrogen) atoms. The predicted molar refractivity (Wildman–Crippen MR) is 64.7 cm³/mol. The van der Waals surface area contributed by atoms with Crippen LogP contribution in [-0.2, 0) is 15.6 Å². The van der Waals surface area contributed by atoms with Gasteiger partial charge >= 0.3 is 0 Å². The van der Waals surface area contributed by atoms with Gasteiger partial charge in [-0.2, -0.15) is 0 Å². The van der Waals surface area contributed by atoms with Crippen molar-refractivity contribution in [1.29, 1.82) is 0 Å². The lowest BCUT2D eigenvalue weighted by atomic mass is 10.2. The number of rotatable bonds is 5. The maximum atomic E-state index is 11.8. The first-order chi connectivity index (χ1) is 7.43. The monoisotopic (exact) mass is 242 g/mol. The summed E-state index contributed by atoms with van der Waals surface area (Å²) in [6, 6.07) is 1.84. The molecule has 1 aromatic rings. The Kier molecular flexibility index (Phi) is 4.44. The molecule has 1 unspecified atom stereocenters. The van der Waals surface area contributed by atoms with Gasteiger partial charge in [0, 0.05) is 12.4 Å². The molecular formula is C11H18N2O2S. The Hall–Kier alpha value is -0.940. The van der Waals surface area contributed by atoms with E-state index in [-0.39, 0.29) is 17.4 Å². The number of hydrogen-bond donors (Lipinski definition) is 1. The topological polar surface area (TPSA) is 73.0 Å². The summed E-state index contributed by atoms with van der Waals surface area (Å²) < 4.78 is 23.6. The average molecular weight is 242 g/mol. The standard InChI is InChI=1S/C11H18N2O2S/c1-9-3-11(6-13-5-9)8-16(14,15)7-10(2)4-12/h3,5-6,10H,4,7-8,12H2,1-2H3. The number of sulfone groups is 1. The molecule has 0 saturated heterocycles. The molecule has 0 aliphatic carbocycles. The highest BCUT2D eigenvalue weighted by molar-refractivity contribution is 7.90. The fraction of sp³-hybridized carbons (Fsp3) is 0.545. The number of nitrogens with two attached hydrogens (primary N) is 1. The van der Waals surface area contributed by atoms with Gasteiger partial charge in [-0.05, 0) is 30.5 Å². The molecule has 1 aromatic heterocycles. The second-order valence-corrected chi connectivity index (χ2v) is 6.38. The zero-order valence-electron chi connectivity index (χ0n) is 9.68. The van der Waals surface area contributed by atoms with E-state index in [1.165, 1.54) is 0 Å². The number of nitrogens with zero attached hydrogens (tertiary/aromatic N) is 1. The summed E-state index contributed by atoms with van der Waals surface area (Å²) in [7, 11) is -3.08. The first kappa shape index (κ1) is 13.1. The first-order valence-corrected chi connectivity index (χ1v) is 7.06. The van der Waals surface area contributed by atoms with Crippen LogP contribution in [0.1, 0.15) is 18.1 Å². The third kappa shape index (κ3) is 4.28. The highest BCUT2D eigenvalue weighted by Crippen LogP contribution is 2.10. The molecule has 1 rings (SSSR count). The van der Waals surface area contributed by atoms with Crippen molar-refractivity contribution in [2.24, 2.45) is 11.7 Å². The molecule has 0 amide bonds. The molecule has 90 valence electrons. The minimum atomic E-state index is -3.08. The first-order valence-electron chi connectivity index (χ1n) is 5.24. The highest BCUT2D eigenvalue weighted by Gasteiger charge is 2.15. The molecule has 0 aromatic carbocycles. The van der Waals surface area contributed by atoms with E-state index in [1.807, 2.05) is 19.9 Å². The fourth-order valence-electron chi connectivity index (χ4n) is 1.51. The summed E-state index contributed by atoms with van der Waals surface area (Å²) in [5, 5.41) is 0. The molecule has 4 nitrogen and oxygen atoms in total. The van der Waals surface area contributed by atoms with Gasteiger partial charge in [-0.15, -0.1) is 0 Å². The van der Waals surface area contributed by atoms with Gasteiger partial charge in [0.1, 0.15) is 0 Å². The zero-order chi connectivity index (χ0) is 12.2. The quantitative estimate of drug-likeness (QED) is 0.832. The summed E-state index contributed by atoms with van der Waals surface area (Å²) in [5.41, 5.74) is 7.13. The fourth-order valence-corrected chi connectivity index (χ4v) is 3.30. The van der Waals surface area contributed by atoms with Crippen LogP contribution in [0.2, 0.25) is 0 Å². The van der Waals surface area contributed by atoms with E-state index in [0.29, 0.717) is 6.54 Å². The molecule has 0 saturated carbocycles. The van der Waals surface area contributed by atoms with Crippen molar-refractivity contribution in [3.05, 3.63) is 29.6 Å². The van der Waals surface area contributed by atoms with Crippen molar-refractivity contribution >= 4 is 9.84 Å². The summed E-state index contributed by atoms with van der Waals surface area (Å²) in [6.45, 7) is 4.13. The van der Waals surface area contributed by atoms with Crippen LogP contribution in [-0.4, -0.2) is 25.7 Å². The summed E-state index contributed by atoms with van der Waals surface area (Å²) in [6.07, 6.45) is 3.30. The minimum Gasteiger partial charge on any atom is -0.330 e. The van der Waals surface area contributed by atoms with Gasteiger partial charge in [-0.3, -0.25) is 4.98 Å². The lowest BCUT2D eigenvalue weighted by molar-refractivity contribution is 0.573. The van der Waals surface area contributed by atoms with Crippen LogP contribution in [0.15, 0.2) is 18.5 Å². The Balaban J connectivity index is 2.73. The van der Waals surface area contributed by atoms with Crippen molar-refractivity contribution in [3.63, 3.8) is 0 Å². The third-order valence-corrected chi connectivity index (χ3v) is 4.11. The summed E-state index contributed by atoms with van der Waals surface area (Å²) in [4.78, 5) is 3.98. The molecule has 5 heteroatoms. The van der Waals surface area contributed by atoms with E-state index in [2.05, 4.69) is 4.98 Å². The van der Waals surface area contributed by atoms with Crippen LogP contribution in [0, 0.1) is 12.8 Å². The van der Waals surface area contributed by atoms with Crippen LogP contribution < -0.4 is 5.73 Å². The van der Waals surface area contributed by atoms with Crippen LogP contribution in [0.5, 0.6) is 0 Å². The van der Waals surface area contributed by atoms with Crippen LogP contribution >= 0.6 is 0 Å². The minimum absolute atomic E-state index is 0.00256. The predicted octanol–water partition coefficient (Wildman–Crippen LogP) is 0.900. The van der Waals surface area contributed by atoms with E-state index in [0.717, 1.165) is 11.1 Å². The van der Waals surface area contributed by atoms with E-state index in [9.17, 15) is 8.42 Å². The normalized spacial score (nSPS) is 13.7. The molecule has 0 spiro atoms. The highest BCUT2D eigenvalue weighted by atomic mass is 32.2. The molecule has 0 aliphatic heterocycles. The van der Waals surface area contributed by atoms with Crippen molar-refractivity contribution in [1.82, 2.24) is 4.98 Å². The largest absolute Gasteiger partial charge is 0.330 e. The van der Waals surface area contributed by atoms with Gasteiger partial charge < -0.3 is 5.73 Å². The van der Waals surface area contributed by atoms with Crippen LogP contribution in [0.25, 0.3) is 0 Å². The van der Waals surface area contributed by atoms with Crippen molar-refractivity contribution < 1.29 is 8.42 Å². The van der Waals surface area contributed by atoms with E-state index < -0.39 is 9.84 Å². The maximum absolute atomic E-state index is 11.8. The molecule has 0 radical (unpaired) electrons. The van der Waals surface area contributed by atoms with Crippen LogP contribution in [0.3, 0.4) is 0 Å². The number of pyridine rings is 1. The Morgan fingerprint density at radius 3 is 2.69 bits per heavy atom. The molecular weight excluding hydrogens is 224 g/mol. The number of hydrogen-bond acceptors (Lipinski definition) is 4. The Morgan fingerprint density at radius 2 is 2.12 bits per heavy atom. The summed E-state index contributed by atoms with van der Waals surface area (Å²) >= 11 is 0. The van der Waals surface area contributed by atoms with E-state index in [4.69, 9.17) is 5.73 Å². The molecule has 2 N–H and O–H groups in total. The van der Waals surface area contributed by atoms with Gasteiger partial charge in [-0.1, -0.05) is 13.0 Å². The second kappa shape index (κ2) is 5.41. The lowest BCUT2D eigenvalue weighted by Crippen LogP contribution is -2.22. The lowest BCUT2D eigenvalue weighted by Gasteiger charge is -2.09. The van der Waals surface area contributed by atoms with Crippen molar-refractivity contribution in [3.8, 4) is 0 Å². The average Bonchev–Trinajstić information content (AvgIpc) is 2.15. The molecule has 0 fully saturated rings. The zero-order valence-corrected chi connectivity index (χ0v) is 10.5. The van der Waals surface area contributed by atoms with Gasteiger partial charge in [0.15, 0.2) is 9.84 Å². The molecule has 1 heterocycles. The SMILES string of the molecule is Cc1cncc(CS(=O)(=O)CC(C)CN)c1. The Morgan fingerprint density at radius 1 is 1.44 bits per heavy atom. The van der Waals surface area contributed by atoms with Crippen molar-refractivity contribution in [2.45, 2.75) is 19.6 Å². The maximum Gasteiger partial charge on any atom is 0.154 e. The Labute approximate surface area is 96.8 Å². The smallest absolute Gasteiger partial charge is 0.154 e. The third-order valence-electron chi connectivity index (χ3n) is 2.26. The molecule has 0 aliphatic rings. The van der Waals surface area contributed by atoms with Gasteiger partial charge in [0.25, 0.3) is 0 Å².